The van der Waals surface area contributed by atoms with Crippen molar-refractivity contribution in [3.63, 3.8) is 0 Å². The largest absolute Gasteiger partial charge is 0.475 e. The van der Waals surface area contributed by atoms with Gasteiger partial charge < -0.3 is 9.84 Å². The van der Waals surface area contributed by atoms with Gasteiger partial charge in [0.05, 0.1) is 0 Å². The molecule has 0 aliphatic carbocycles. The van der Waals surface area contributed by atoms with Crippen LogP contribution in [0.1, 0.15) is 30.4 Å². The van der Waals surface area contributed by atoms with Gasteiger partial charge >= 0.3 is 5.97 Å². The summed E-state index contributed by atoms with van der Waals surface area (Å²) in [6.07, 6.45) is 2.11. The number of carbonyl (C=O) groups is 1. The summed E-state index contributed by atoms with van der Waals surface area (Å²) >= 11 is 5.76. The van der Waals surface area contributed by atoms with E-state index in [0.717, 1.165) is 19.4 Å². The van der Waals surface area contributed by atoms with Crippen LogP contribution in [0.15, 0.2) is 6.07 Å². The molecule has 1 saturated heterocycles. The summed E-state index contributed by atoms with van der Waals surface area (Å²) < 4.78 is 5.70. The molecule has 0 unspecified atom stereocenters. The number of hydrogen-bond donors (Lipinski definition) is 1. The predicted octanol–water partition coefficient (Wildman–Crippen LogP) is 1.69. The number of aromatic carboxylic acids is 1. The van der Waals surface area contributed by atoms with E-state index in [1.807, 2.05) is 14.0 Å². The first-order valence-corrected chi connectivity index (χ1v) is 6.50. The lowest BCUT2D eigenvalue weighted by atomic mass is 10.1. The molecule has 0 bridgehead atoms. The number of halogens is 1. The van der Waals surface area contributed by atoms with E-state index in [1.54, 1.807) is 0 Å². The number of rotatable bonds is 4. The minimum atomic E-state index is -1.22. The van der Waals surface area contributed by atoms with E-state index in [-0.39, 0.29) is 23.0 Å². The molecule has 6 nitrogen and oxygen atoms in total. The highest BCUT2D eigenvalue weighted by Crippen LogP contribution is 2.22. The third kappa shape index (κ3) is 3.33. The smallest absolute Gasteiger partial charge is 0.374 e. The van der Waals surface area contributed by atoms with E-state index >= 15 is 0 Å². The Morgan fingerprint density at radius 2 is 2.37 bits per heavy atom. The van der Waals surface area contributed by atoms with Crippen molar-refractivity contribution >= 4 is 17.6 Å². The fraction of sp³-hybridized carbons (Fsp3) is 0.583. The highest BCUT2D eigenvalue weighted by atomic mass is 35.5. The van der Waals surface area contributed by atoms with Gasteiger partial charge in [0.1, 0.15) is 11.3 Å². The topological polar surface area (TPSA) is 75.5 Å². The molecule has 0 amide bonds. The fourth-order valence-corrected chi connectivity index (χ4v) is 2.52. The van der Waals surface area contributed by atoms with Crippen LogP contribution in [0, 0.1) is 0 Å². The number of carboxylic acids is 1. The predicted molar refractivity (Wildman–Crippen MR) is 69.7 cm³/mol. The van der Waals surface area contributed by atoms with Crippen LogP contribution in [-0.4, -0.2) is 51.7 Å². The van der Waals surface area contributed by atoms with Gasteiger partial charge in [-0.05, 0) is 33.4 Å². The van der Waals surface area contributed by atoms with Gasteiger partial charge in [0, 0.05) is 12.1 Å². The van der Waals surface area contributed by atoms with Crippen molar-refractivity contribution in [1.29, 1.82) is 0 Å². The number of likely N-dealkylation sites (N-methyl/N-ethyl adjacent to an activating group) is 1. The van der Waals surface area contributed by atoms with Gasteiger partial charge in [0.15, 0.2) is 0 Å². The van der Waals surface area contributed by atoms with E-state index in [1.165, 1.54) is 6.07 Å². The zero-order valence-corrected chi connectivity index (χ0v) is 11.6. The van der Waals surface area contributed by atoms with Crippen molar-refractivity contribution in [2.45, 2.75) is 31.9 Å². The second kappa shape index (κ2) is 5.71. The fourth-order valence-electron chi connectivity index (χ4n) is 2.35. The Kier molecular flexibility index (Phi) is 4.21. The molecule has 1 aromatic heterocycles. The molecular formula is C12H16ClN3O3. The molecule has 7 heteroatoms. The van der Waals surface area contributed by atoms with Crippen LogP contribution in [0.2, 0.25) is 5.15 Å². The summed E-state index contributed by atoms with van der Waals surface area (Å²) in [7, 11) is 2.05. The molecule has 1 aliphatic rings. The molecule has 0 radical (unpaired) electrons. The SMILES string of the molecule is C[C@H](Oc1cc(Cl)nc(C(=O)O)n1)[C@@H]1CCCN1C. The zero-order valence-electron chi connectivity index (χ0n) is 10.8. The average molecular weight is 286 g/mol. The normalized spacial score (nSPS) is 21.3. The first-order chi connectivity index (χ1) is 8.97. The highest BCUT2D eigenvalue weighted by Gasteiger charge is 2.28. The molecule has 2 heterocycles. The first kappa shape index (κ1) is 14.0. The zero-order chi connectivity index (χ0) is 14.0. The summed E-state index contributed by atoms with van der Waals surface area (Å²) in [5, 5.41) is 8.94. The quantitative estimate of drug-likeness (QED) is 0.849. The Morgan fingerprint density at radius 1 is 1.63 bits per heavy atom. The van der Waals surface area contributed by atoms with Gasteiger partial charge in [0.2, 0.25) is 11.7 Å². The molecule has 2 rings (SSSR count). The number of aromatic nitrogens is 2. The first-order valence-electron chi connectivity index (χ1n) is 6.12. The molecule has 1 N–H and O–H groups in total. The van der Waals surface area contributed by atoms with Crippen molar-refractivity contribution < 1.29 is 14.6 Å². The van der Waals surface area contributed by atoms with Crippen molar-refractivity contribution in [1.82, 2.24) is 14.9 Å². The van der Waals surface area contributed by atoms with Crippen molar-refractivity contribution in [3.8, 4) is 5.88 Å². The second-order valence-electron chi connectivity index (χ2n) is 4.67. The van der Waals surface area contributed by atoms with Gasteiger partial charge in [-0.3, -0.25) is 4.90 Å². The monoisotopic (exact) mass is 285 g/mol. The molecule has 0 saturated carbocycles. The van der Waals surface area contributed by atoms with E-state index < -0.39 is 5.97 Å². The lowest BCUT2D eigenvalue weighted by Gasteiger charge is -2.26. The molecule has 19 heavy (non-hydrogen) atoms. The lowest BCUT2D eigenvalue weighted by Crippen LogP contribution is -2.38. The van der Waals surface area contributed by atoms with Crippen LogP contribution in [0.5, 0.6) is 5.88 Å². The van der Waals surface area contributed by atoms with Crippen LogP contribution < -0.4 is 4.74 Å². The third-order valence-electron chi connectivity index (χ3n) is 3.29. The van der Waals surface area contributed by atoms with Crippen LogP contribution in [0.25, 0.3) is 0 Å². The lowest BCUT2D eigenvalue weighted by molar-refractivity contribution is 0.0678. The van der Waals surface area contributed by atoms with Crippen molar-refractivity contribution in [2.75, 3.05) is 13.6 Å². The third-order valence-corrected chi connectivity index (χ3v) is 3.48. The summed E-state index contributed by atoms with van der Waals surface area (Å²) in [4.78, 5) is 20.5. The van der Waals surface area contributed by atoms with Gasteiger partial charge in [0.25, 0.3) is 0 Å². The van der Waals surface area contributed by atoms with Crippen molar-refractivity contribution in [3.05, 3.63) is 17.0 Å². The number of nitrogens with zero attached hydrogens (tertiary/aromatic N) is 3. The van der Waals surface area contributed by atoms with Crippen LogP contribution in [-0.2, 0) is 0 Å². The van der Waals surface area contributed by atoms with Crippen LogP contribution in [0.3, 0.4) is 0 Å². The summed E-state index contributed by atoms with van der Waals surface area (Å²) in [6, 6.07) is 1.74. The van der Waals surface area contributed by atoms with E-state index in [2.05, 4.69) is 14.9 Å². The van der Waals surface area contributed by atoms with E-state index in [9.17, 15) is 4.79 Å². The van der Waals surface area contributed by atoms with Crippen LogP contribution in [0.4, 0.5) is 0 Å². The minimum absolute atomic E-state index is 0.0642. The molecule has 0 spiro atoms. The molecule has 2 atom stereocenters. The summed E-state index contributed by atoms with van der Waals surface area (Å²) in [5.74, 6) is -1.38. The van der Waals surface area contributed by atoms with Crippen LogP contribution >= 0.6 is 11.6 Å². The Bertz CT molecular complexity index is 483. The highest BCUT2D eigenvalue weighted by molar-refractivity contribution is 6.29. The van der Waals surface area contributed by atoms with Gasteiger partial charge in [-0.2, -0.15) is 4.98 Å². The average Bonchev–Trinajstić information content (AvgIpc) is 2.74. The molecule has 1 aromatic rings. The molecule has 104 valence electrons. The molecular weight excluding hydrogens is 270 g/mol. The molecule has 1 fully saturated rings. The maximum Gasteiger partial charge on any atom is 0.374 e. The second-order valence-corrected chi connectivity index (χ2v) is 5.06. The maximum absolute atomic E-state index is 10.9. The molecule has 0 aromatic carbocycles. The van der Waals surface area contributed by atoms with Gasteiger partial charge in [-0.15, -0.1) is 0 Å². The van der Waals surface area contributed by atoms with Gasteiger partial charge in [-0.25, -0.2) is 9.78 Å². The number of likely N-dealkylation sites (tertiary alicyclic amines) is 1. The minimum Gasteiger partial charge on any atom is -0.475 e. The van der Waals surface area contributed by atoms with Gasteiger partial charge in [-0.1, -0.05) is 11.6 Å². The number of carboxylic acid groups (broad SMARTS) is 1. The standard InChI is InChI=1S/C12H16ClN3O3/c1-7(8-4-3-5-16(8)2)19-10-6-9(13)14-11(15-10)12(17)18/h6-8H,3-5H2,1-2H3,(H,17,18)/t7-,8-/m0/s1. The maximum atomic E-state index is 10.9. The summed E-state index contributed by atoms with van der Waals surface area (Å²) in [5.41, 5.74) is 0. The molecule has 1 aliphatic heterocycles. The Balaban J connectivity index is 2.12. The Labute approximate surface area is 116 Å². The van der Waals surface area contributed by atoms with Crippen molar-refractivity contribution in [2.24, 2.45) is 0 Å². The Morgan fingerprint density at radius 3 is 2.95 bits per heavy atom. The number of hydrogen-bond acceptors (Lipinski definition) is 5. The van der Waals surface area contributed by atoms with E-state index in [0.29, 0.717) is 6.04 Å². The Hall–Kier alpha value is -1.40. The van der Waals surface area contributed by atoms with E-state index in [4.69, 9.17) is 21.4 Å². The summed E-state index contributed by atoms with van der Waals surface area (Å²) in [6.45, 7) is 2.99. The number of ether oxygens (including phenoxy) is 1.